The molecule has 154 valence electrons. The Morgan fingerprint density at radius 1 is 1.10 bits per heavy atom. The van der Waals surface area contributed by atoms with Crippen molar-refractivity contribution in [2.45, 2.75) is 19.8 Å². The fourth-order valence-electron chi connectivity index (χ4n) is 3.01. The normalized spacial score (nSPS) is 13.4. The van der Waals surface area contributed by atoms with Crippen LogP contribution in [-0.4, -0.2) is 30.0 Å². The van der Waals surface area contributed by atoms with E-state index in [1.807, 2.05) is 25.1 Å². The lowest BCUT2D eigenvalue weighted by Gasteiger charge is -2.12. The molecular formula is C21H20N4O5. The SMILES string of the molecule is CC1=NN(c2ccc(OCCCOc3no[n+]([O-])c3-c3ccccc3)cc2)C(=O)C1. The van der Waals surface area contributed by atoms with Crippen molar-refractivity contribution >= 4 is 17.3 Å². The Kier molecular flexibility index (Phi) is 5.60. The molecule has 0 aliphatic carbocycles. The van der Waals surface area contributed by atoms with Gasteiger partial charge < -0.3 is 14.7 Å². The maximum Gasteiger partial charge on any atom is 0.402 e. The first-order chi connectivity index (χ1) is 14.6. The number of hydrogen-bond acceptors (Lipinski definition) is 7. The minimum atomic E-state index is -0.0413. The van der Waals surface area contributed by atoms with Gasteiger partial charge in [0.1, 0.15) is 5.75 Å². The van der Waals surface area contributed by atoms with Crippen LogP contribution in [0.25, 0.3) is 11.3 Å². The molecule has 1 aromatic heterocycles. The van der Waals surface area contributed by atoms with Crippen molar-refractivity contribution in [3.8, 4) is 22.9 Å². The van der Waals surface area contributed by atoms with E-state index in [-0.39, 0.29) is 17.5 Å². The quantitative estimate of drug-likeness (QED) is 0.419. The molecule has 3 aromatic rings. The molecule has 0 unspecified atom stereocenters. The van der Waals surface area contributed by atoms with Gasteiger partial charge in [0.05, 0.1) is 30.5 Å². The highest BCUT2D eigenvalue weighted by molar-refractivity contribution is 6.12. The summed E-state index contributed by atoms with van der Waals surface area (Å²) in [4.78, 5) is 12.2. The summed E-state index contributed by atoms with van der Waals surface area (Å²) in [6, 6.07) is 16.2. The number of benzene rings is 2. The van der Waals surface area contributed by atoms with Gasteiger partial charge in [0.15, 0.2) is 0 Å². The number of hydrogen-bond donors (Lipinski definition) is 0. The Bertz CT molecular complexity index is 1050. The van der Waals surface area contributed by atoms with Gasteiger partial charge in [-0.2, -0.15) is 5.10 Å². The first-order valence-corrected chi connectivity index (χ1v) is 9.49. The Morgan fingerprint density at radius 3 is 2.53 bits per heavy atom. The molecule has 1 aliphatic rings. The number of nitrogens with zero attached hydrogens (tertiary/aromatic N) is 4. The highest BCUT2D eigenvalue weighted by Gasteiger charge is 2.23. The predicted molar refractivity (Wildman–Crippen MR) is 108 cm³/mol. The predicted octanol–water partition coefficient (Wildman–Crippen LogP) is 2.94. The van der Waals surface area contributed by atoms with E-state index in [0.29, 0.717) is 48.0 Å². The molecular weight excluding hydrogens is 388 g/mol. The molecule has 1 amide bonds. The van der Waals surface area contributed by atoms with Crippen LogP contribution in [-0.2, 0) is 4.79 Å². The van der Waals surface area contributed by atoms with Gasteiger partial charge in [-0.3, -0.25) is 9.42 Å². The number of aromatic nitrogens is 2. The molecule has 9 nitrogen and oxygen atoms in total. The van der Waals surface area contributed by atoms with Crippen molar-refractivity contribution in [3.63, 3.8) is 0 Å². The average molecular weight is 408 g/mol. The second-order valence-corrected chi connectivity index (χ2v) is 6.71. The second-order valence-electron chi connectivity index (χ2n) is 6.71. The smallest absolute Gasteiger partial charge is 0.402 e. The van der Waals surface area contributed by atoms with E-state index < -0.39 is 0 Å². The van der Waals surface area contributed by atoms with Crippen LogP contribution in [0.5, 0.6) is 11.6 Å². The number of rotatable bonds is 8. The molecule has 0 saturated carbocycles. The number of carbonyl (C=O) groups is 1. The minimum Gasteiger partial charge on any atom is -0.493 e. The lowest BCUT2D eigenvalue weighted by molar-refractivity contribution is -0.793. The molecule has 0 bridgehead atoms. The largest absolute Gasteiger partial charge is 0.493 e. The zero-order valence-electron chi connectivity index (χ0n) is 16.4. The van der Waals surface area contributed by atoms with Gasteiger partial charge >= 0.3 is 5.88 Å². The van der Waals surface area contributed by atoms with E-state index >= 15 is 0 Å². The molecule has 2 aromatic carbocycles. The highest BCUT2D eigenvalue weighted by Crippen LogP contribution is 2.25. The highest BCUT2D eigenvalue weighted by atomic mass is 16.8. The van der Waals surface area contributed by atoms with Crippen molar-refractivity contribution in [2.24, 2.45) is 5.10 Å². The fourth-order valence-corrected chi connectivity index (χ4v) is 3.01. The van der Waals surface area contributed by atoms with E-state index in [2.05, 4.69) is 14.9 Å². The monoisotopic (exact) mass is 408 g/mol. The van der Waals surface area contributed by atoms with Crippen molar-refractivity contribution in [3.05, 3.63) is 59.8 Å². The lowest BCUT2D eigenvalue weighted by atomic mass is 10.2. The third-order valence-electron chi connectivity index (χ3n) is 4.42. The zero-order chi connectivity index (χ0) is 20.9. The van der Waals surface area contributed by atoms with Crippen LogP contribution in [0.1, 0.15) is 19.8 Å². The molecule has 30 heavy (non-hydrogen) atoms. The number of hydrazone groups is 1. The van der Waals surface area contributed by atoms with Gasteiger partial charge in [-0.1, -0.05) is 30.3 Å². The van der Waals surface area contributed by atoms with E-state index in [4.69, 9.17) is 9.47 Å². The number of anilines is 1. The first-order valence-electron chi connectivity index (χ1n) is 9.49. The van der Waals surface area contributed by atoms with Crippen molar-refractivity contribution < 1.29 is 23.8 Å². The Hall–Kier alpha value is -3.88. The van der Waals surface area contributed by atoms with Crippen LogP contribution in [0, 0.1) is 5.21 Å². The summed E-state index contributed by atoms with van der Waals surface area (Å²) in [5, 5.41) is 21.1. The van der Waals surface area contributed by atoms with Crippen LogP contribution < -0.4 is 19.4 Å². The standard InChI is InChI=1S/C21H20N4O5/c1-15-14-19(26)24(22-15)17-8-10-18(11-9-17)28-12-5-13-29-21-20(25(27)30-23-21)16-6-3-2-4-7-16/h2-4,6-11H,5,12-14H2,1H3. The van der Waals surface area contributed by atoms with Gasteiger partial charge in [0.2, 0.25) is 0 Å². The Balaban J connectivity index is 1.26. The summed E-state index contributed by atoms with van der Waals surface area (Å²) in [6.07, 6.45) is 0.928. The van der Waals surface area contributed by atoms with Crippen LogP contribution in [0.4, 0.5) is 5.69 Å². The zero-order valence-corrected chi connectivity index (χ0v) is 16.4. The average Bonchev–Trinajstić information content (AvgIpc) is 3.30. The maximum atomic E-state index is 11.9. The second kappa shape index (κ2) is 8.64. The van der Waals surface area contributed by atoms with E-state index in [1.54, 1.807) is 36.4 Å². The molecule has 0 atom stereocenters. The minimum absolute atomic E-state index is 0.0413. The molecule has 2 heterocycles. The molecule has 0 spiro atoms. The third kappa shape index (κ3) is 4.24. The molecule has 0 saturated heterocycles. The summed E-state index contributed by atoms with van der Waals surface area (Å²) >= 11 is 0. The molecule has 1 aliphatic heterocycles. The van der Waals surface area contributed by atoms with E-state index in [1.165, 1.54) is 5.01 Å². The van der Waals surface area contributed by atoms with Crippen LogP contribution in [0.15, 0.2) is 64.3 Å². The molecule has 4 rings (SSSR count). The molecule has 9 heteroatoms. The van der Waals surface area contributed by atoms with Crippen molar-refractivity contribution in [2.75, 3.05) is 18.2 Å². The van der Waals surface area contributed by atoms with Gasteiger partial charge in [-0.05, 0) is 36.1 Å². The van der Waals surface area contributed by atoms with Crippen LogP contribution in [0.3, 0.4) is 0 Å². The summed E-state index contributed by atoms with van der Waals surface area (Å²) in [6.45, 7) is 2.55. The van der Waals surface area contributed by atoms with E-state index in [0.717, 1.165) is 5.71 Å². The topological polar surface area (TPSA) is 104 Å². The molecule has 0 radical (unpaired) electrons. The lowest BCUT2D eigenvalue weighted by Crippen LogP contribution is -2.25. The third-order valence-corrected chi connectivity index (χ3v) is 4.42. The van der Waals surface area contributed by atoms with Gasteiger partial charge in [0, 0.05) is 17.7 Å². The molecule has 0 N–H and O–H groups in total. The number of ether oxygens (including phenoxy) is 2. The molecule has 0 fully saturated rings. The van der Waals surface area contributed by atoms with Gasteiger partial charge in [-0.15, -0.1) is 0 Å². The Morgan fingerprint density at radius 2 is 1.83 bits per heavy atom. The Labute approximate surface area is 172 Å². The first kappa shape index (κ1) is 19.4. The fraction of sp³-hybridized carbons (Fsp3) is 0.238. The maximum absolute atomic E-state index is 11.9. The van der Waals surface area contributed by atoms with Crippen molar-refractivity contribution in [1.29, 1.82) is 0 Å². The number of carbonyl (C=O) groups excluding carboxylic acids is 1. The van der Waals surface area contributed by atoms with Gasteiger partial charge in [-0.25, -0.2) is 5.01 Å². The number of amides is 1. The van der Waals surface area contributed by atoms with Crippen LogP contribution in [0.2, 0.25) is 0 Å². The summed E-state index contributed by atoms with van der Waals surface area (Å²) in [5.74, 6) is 0.780. The van der Waals surface area contributed by atoms with Crippen LogP contribution >= 0.6 is 0 Å². The van der Waals surface area contributed by atoms with E-state index in [9.17, 15) is 10.0 Å². The summed E-state index contributed by atoms with van der Waals surface area (Å²) in [7, 11) is 0. The summed E-state index contributed by atoms with van der Waals surface area (Å²) < 4.78 is 16.0. The van der Waals surface area contributed by atoms with Gasteiger partial charge in [0.25, 0.3) is 11.6 Å². The summed E-state index contributed by atoms with van der Waals surface area (Å²) in [5.41, 5.74) is 2.40. The van der Waals surface area contributed by atoms with Crippen molar-refractivity contribution in [1.82, 2.24) is 5.16 Å².